The van der Waals surface area contributed by atoms with Gasteiger partial charge in [0.15, 0.2) is 5.96 Å². The Morgan fingerprint density at radius 2 is 2.07 bits per heavy atom. The Hall–Kier alpha value is -1.21. The molecule has 0 bridgehead atoms. The lowest BCUT2D eigenvalue weighted by atomic mass is 10.3. The number of aliphatic imine (C=N–C) groups is 1. The van der Waals surface area contributed by atoms with E-state index in [0.717, 1.165) is 48.8 Å². The number of aromatic nitrogens is 3. The molecule has 0 saturated carbocycles. The van der Waals surface area contributed by atoms with Crippen molar-refractivity contribution in [2.24, 2.45) is 4.99 Å². The van der Waals surface area contributed by atoms with E-state index in [1.54, 1.807) is 24.6 Å². The number of piperazine rings is 1. The van der Waals surface area contributed by atoms with Gasteiger partial charge in [-0.2, -0.15) is 4.98 Å². The molecule has 1 aliphatic heterocycles. The third kappa shape index (κ3) is 5.41. The smallest absolute Gasteiger partial charge is 0.232 e. The average Bonchev–Trinajstić information content (AvgIpc) is 3.08. The summed E-state index contributed by atoms with van der Waals surface area (Å²) in [4.78, 5) is 23.2. The molecule has 11 heteroatoms. The van der Waals surface area contributed by atoms with Crippen LogP contribution in [-0.2, 0) is 6.54 Å². The van der Waals surface area contributed by atoms with Crippen molar-refractivity contribution < 1.29 is 4.74 Å². The molecule has 8 nitrogen and oxygen atoms in total. The van der Waals surface area contributed by atoms with Crippen molar-refractivity contribution in [3.05, 3.63) is 26.8 Å². The minimum atomic E-state index is 0. The second-order valence-corrected chi connectivity index (χ2v) is 7.56. The molecule has 0 aromatic carbocycles. The second kappa shape index (κ2) is 10.4. The molecule has 1 fully saturated rings. The standard InChI is InChI=1S/C16H22BrN7OS.HI/c1-11-13(26-10-21-11)9-20-15(18-2)23-4-6-24(7-5-23)16-19-8-12(17)14(22-16)25-3;/h8,10H,4-7,9H2,1-3H3,(H,18,20);1H. The fourth-order valence-electron chi connectivity index (χ4n) is 2.74. The fourth-order valence-corrected chi connectivity index (χ4v) is 3.81. The molecule has 2 aromatic rings. The van der Waals surface area contributed by atoms with Gasteiger partial charge in [-0.15, -0.1) is 35.3 Å². The highest BCUT2D eigenvalue weighted by atomic mass is 127. The van der Waals surface area contributed by atoms with Gasteiger partial charge >= 0.3 is 0 Å². The summed E-state index contributed by atoms with van der Waals surface area (Å²) in [6.07, 6.45) is 1.73. The Kier molecular flexibility index (Phi) is 8.48. The van der Waals surface area contributed by atoms with Gasteiger partial charge in [-0.25, -0.2) is 9.97 Å². The molecule has 0 unspecified atom stereocenters. The lowest BCUT2D eigenvalue weighted by molar-refractivity contribution is 0.366. The van der Waals surface area contributed by atoms with Crippen molar-refractivity contribution in [1.82, 2.24) is 25.2 Å². The van der Waals surface area contributed by atoms with Crippen molar-refractivity contribution in [2.45, 2.75) is 13.5 Å². The zero-order valence-electron chi connectivity index (χ0n) is 15.5. The number of methoxy groups -OCH3 is 1. The van der Waals surface area contributed by atoms with E-state index in [0.29, 0.717) is 11.8 Å². The van der Waals surface area contributed by atoms with Crippen LogP contribution in [0.1, 0.15) is 10.6 Å². The summed E-state index contributed by atoms with van der Waals surface area (Å²) >= 11 is 5.05. The minimum Gasteiger partial charge on any atom is -0.480 e. The largest absolute Gasteiger partial charge is 0.480 e. The highest BCUT2D eigenvalue weighted by Crippen LogP contribution is 2.23. The van der Waals surface area contributed by atoms with Crippen LogP contribution in [0.15, 0.2) is 21.2 Å². The van der Waals surface area contributed by atoms with E-state index < -0.39 is 0 Å². The number of rotatable bonds is 4. The molecule has 148 valence electrons. The number of hydrogen-bond donors (Lipinski definition) is 1. The van der Waals surface area contributed by atoms with E-state index in [1.165, 1.54) is 4.88 Å². The summed E-state index contributed by atoms with van der Waals surface area (Å²) < 4.78 is 6.02. The predicted molar refractivity (Wildman–Crippen MR) is 123 cm³/mol. The molecular formula is C16H23BrIN7OS. The number of hydrogen-bond acceptors (Lipinski definition) is 7. The van der Waals surface area contributed by atoms with Crippen LogP contribution in [0.4, 0.5) is 5.95 Å². The van der Waals surface area contributed by atoms with Gasteiger partial charge in [0.25, 0.3) is 0 Å². The Labute approximate surface area is 188 Å². The SMILES string of the molecule is CN=C(NCc1scnc1C)N1CCN(c2ncc(Br)c(OC)n2)CC1.I. The first-order valence-corrected chi connectivity index (χ1v) is 9.95. The minimum absolute atomic E-state index is 0. The molecular weight excluding hydrogens is 545 g/mol. The first-order chi connectivity index (χ1) is 12.6. The zero-order valence-corrected chi connectivity index (χ0v) is 20.2. The maximum atomic E-state index is 5.26. The molecule has 0 amide bonds. The molecule has 3 heterocycles. The number of halogens is 2. The van der Waals surface area contributed by atoms with Gasteiger partial charge in [-0.05, 0) is 22.9 Å². The highest BCUT2D eigenvalue weighted by Gasteiger charge is 2.22. The number of thiazole rings is 1. The van der Waals surface area contributed by atoms with E-state index in [1.807, 2.05) is 19.5 Å². The Balaban J connectivity index is 0.00000261. The Morgan fingerprint density at radius 1 is 1.33 bits per heavy atom. The summed E-state index contributed by atoms with van der Waals surface area (Å²) in [5, 5.41) is 3.43. The van der Waals surface area contributed by atoms with Crippen LogP contribution in [0.5, 0.6) is 5.88 Å². The third-order valence-corrected chi connectivity index (χ3v) is 5.70. The van der Waals surface area contributed by atoms with Crippen LogP contribution in [0.2, 0.25) is 0 Å². The number of nitrogens with one attached hydrogen (secondary N) is 1. The van der Waals surface area contributed by atoms with Gasteiger partial charge in [0, 0.05) is 38.1 Å². The first kappa shape index (κ1) is 22.1. The van der Waals surface area contributed by atoms with Crippen molar-refractivity contribution in [3.8, 4) is 5.88 Å². The molecule has 0 radical (unpaired) electrons. The number of ether oxygens (including phenoxy) is 1. The molecule has 1 saturated heterocycles. The van der Waals surface area contributed by atoms with Crippen LogP contribution in [0.3, 0.4) is 0 Å². The molecule has 0 spiro atoms. The van der Waals surface area contributed by atoms with E-state index in [2.05, 4.69) is 51.0 Å². The van der Waals surface area contributed by atoms with Gasteiger partial charge in [-0.3, -0.25) is 4.99 Å². The number of anilines is 1. The van der Waals surface area contributed by atoms with Crippen molar-refractivity contribution >= 4 is 63.2 Å². The van der Waals surface area contributed by atoms with Crippen LogP contribution in [0, 0.1) is 6.92 Å². The number of guanidine groups is 1. The van der Waals surface area contributed by atoms with Crippen molar-refractivity contribution in [1.29, 1.82) is 0 Å². The van der Waals surface area contributed by atoms with E-state index >= 15 is 0 Å². The molecule has 1 N–H and O–H groups in total. The summed E-state index contributed by atoms with van der Waals surface area (Å²) in [6, 6.07) is 0. The molecule has 3 rings (SSSR count). The lowest BCUT2D eigenvalue weighted by Crippen LogP contribution is -2.52. The molecule has 1 aliphatic rings. The maximum Gasteiger partial charge on any atom is 0.232 e. The zero-order chi connectivity index (χ0) is 18.5. The van der Waals surface area contributed by atoms with Gasteiger partial charge in [0.2, 0.25) is 11.8 Å². The average molecular weight is 568 g/mol. The second-order valence-electron chi connectivity index (χ2n) is 5.76. The normalized spacial score (nSPS) is 14.7. The highest BCUT2D eigenvalue weighted by molar-refractivity contribution is 14.0. The van der Waals surface area contributed by atoms with Crippen molar-refractivity contribution in [3.63, 3.8) is 0 Å². The first-order valence-electron chi connectivity index (χ1n) is 8.28. The lowest BCUT2D eigenvalue weighted by Gasteiger charge is -2.36. The summed E-state index contributed by atoms with van der Waals surface area (Å²) in [5.41, 5.74) is 2.95. The summed E-state index contributed by atoms with van der Waals surface area (Å²) in [7, 11) is 3.42. The summed E-state index contributed by atoms with van der Waals surface area (Å²) in [5.74, 6) is 2.15. The molecule has 2 aromatic heterocycles. The topological polar surface area (TPSA) is 78.8 Å². The van der Waals surface area contributed by atoms with Crippen molar-refractivity contribution in [2.75, 3.05) is 45.2 Å². The van der Waals surface area contributed by atoms with Crippen LogP contribution in [-0.4, -0.2) is 66.1 Å². The third-order valence-electron chi connectivity index (χ3n) is 4.22. The van der Waals surface area contributed by atoms with E-state index in [9.17, 15) is 0 Å². The Bertz CT molecular complexity index is 780. The monoisotopic (exact) mass is 567 g/mol. The van der Waals surface area contributed by atoms with Crippen LogP contribution < -0.4 is 15.0 Å². The quantitative estimate of drug-likeness (QED) is 0.345. The predicted octanol–water partition coefficient (Wildman–Crippen LogP) is 2.53. The number of nitrogens with zero attached hydrogens (tertiary/aromatic N) is 6. The van der Waals surface area contributed by atoms with Gasteiger partial charge < -0.3 is 19.9 Å². The number of aryl methyl sites for hydroxylation is 1. The molecule has 27 heavy (non-hydrogen) atoms. The molecule has 0 atom stereocenters. The van der Waals surface area contributed by atoms with Gasteiger partial charge in [0.1, 0.15) is 0 Å². The van der Waals surface area contributed by atoms with Gasteiger partial charge in [-0.1, -0.05) is 0 Å². The van der Waals surface area contributed by atoms with Crippen LogP contribution in [0.25, 0.3) is 0 Å². The fraction of sp³-hybridized carbons (Fsp3) is 0.500. The Morgan fingerprint density at radius 3 is 2.67 bits per heavy atom. The van der Waals surface area contributed by atoms with Gasteiger partial charge in [0.05, 0.1) is 35.5 Å². The summed E-state index contributed by atoms with van der Waals surface area (Å²) in [6.45, 7) is 6.13. The maximum absolute atomic E-state index is 5.26. The molecule has 0 aliphatic carbocycles. The van der Waals surface area contributed by atoms with E-state index in [4.69, 9.17) is 4.74 Å². The van der Waals surface area contributed by atoms with Crippen LogP contribution >= 0.6 is 51.2 Å². The van der Waals surface area contributed by atoms with E-state index in [-0.39, 0.29) is 24.0 Å².